The topological polar surface area (TPSA) is 58.6 Å². The first kappa shape index (κ1) is 16.0. The second kappa shape index (κ2) is 8.20. The smallest absolute Gasteiger partial charge is 0.304 e. The van der Waals surface area contributed by atoms with Gasteiger partial charge in [-0.2, -0.15) is 0 Å². The highest BCUT2D eigenvalue weighted by Gasteiger charge is 2.15. The Morgan fingerprint density at radius 2 is 1.82 bits per heavy atom. The summed E-state index contributed by atoms with van der Waals surface area (Å²) >= 11 is 0. The van der Waals surface area contributed by atoms with Gasteiger partial charge in [0, 0.05) is 12.6 Å². The number of ether oxygens (including phenoxy) is 1. The number of hydrogen-bond donors (Lipinski definition) is 2. The van der Waals surface area contributed by atoms with Gasteiger partial charge in [0.05, 0.1) is 13.5 Å². The van der Waals surface area contributed by atoms with Crippen molar-refractivity contribution in [2.75, 3.05) is 7.11 Å². The maximum absolute atomic E-state index is 11.1. The first-order valence-corrected chi connectivity index (χ1v) is 7.30. The molecule has 116 valence electrons. The van der Waals surface area contributed by atoms with Crippen LogP contribution in [0.1, 0.15) is 17.5 Å². The monoisotopic (exact) mass is 299 g/mol. The van der Waals surface area contributed by atoms with Crippen molar-refractivity contribution < 1.29 is 14.6 Å². The van der Waals surface area contributed by atoms with Crippen molar-refractivity contribution in [3.05, 3.63) is 65.7 Å². The second-order valence-electron chi connectivity index (χ2n) is 5.18. The summed E-state index contributed by atoms with van der Waals surface area (Å²) in [5.74, 6) is -0.0140. The number of benzene rings is 2. The molecule has 4 nitrogen and oxygen atoms in total. The zero-order chi connectivity index (χ0) is 15.8. The Hall–Kier alpha value is -2.33. The van der Waals surface area contributed by atoms with Crippen LogP contribution in [0.5, 0.6) is 5.75 Å². The quantitative estimate of drug-likeness (QED) is 0.787. The van der Waals surface area contributed by atoms with Crippen LogP contribution in [-0.2, 0) is 17.8 Å². The minimum Gasteiger partial charge on any atom is -0.496 e. The van der Waals surface area contributed by atoms with Gasteiger partial charge in [-0.3, -0.25) is 4.79 Å². The molecule has 0 amide bonds. The molecule has 0 saturated heterocycles. The van der Waals surface area contributed by atoms with Crippen molar-refractivity contribution in [2.24, 2.45) is 0 Å². The van der Waals surface area contributed by atoms with E-state index in [9.17, 15) is 4.79 Å². The van der Waals surface area contributed by atoms with Gasteiger partial charge in [0.1, 0.15) is 5.75 Å². The number of aliphatic carboxylic acids is 1. The summed E-state index contributed by atoms with van der Waals surface area (Å²) in [7, 11) is 1.63. The molecular formula is C18H21NO3. The lowest BCUT2D eigenvalue weighted by atomic mass is 10.0. The Morgan fingerprint density at radius 1 is 1.14 bits per heavy atom. The van der Waals surface area contributed by atoms with E-state index in [0.717, 1.165) is 16.9 Å². The molecule has 2 aromatic rings. The third-order valence-electron chi connectivity index (χ3n) is 3.52. The average molecular weight is 299 g/mol. The summed E-state index contributed by atoms with van der Waals surface area (Å²) in [6.07, 6.45) is 0.689. The van der Waals surface area contributed by atoms with E-state index in [1.54, 1.807) is 7.11 Å². The van der Waals surface area contributed by atoms with Crippen LogP contribution in [0.15, 0.2) is 54.6 Å². The molecule has 0 aliphatic heterocycles. The molecule has 0 aliphatic rings. The highest BCUT2D eigenvalue weighted by Crippen LogP contribution is 2.20. The van der Waals surface area contributed by atoms with Gasteiger partial charge < -0.3 is 15.2 Å². The highest BCUT2D eigenvalue weighted by molar-refractivity contribution is 5.67. The van der Waals surface area contributed by atoms with Crippen LogP contribution in [-0.4, -0.2) is 24.2 Å². The fraction of sp³-hybridized carbons (Fsp3) is 0.278. The molecule has 0 heterocycles. The van der Waals surface area contributed by atoms with Crippen LogP contribution in [0.4, 0.5) is 0 Å². The zero-order valence-electron chi connectivity index (χ0n) is 12.7. The predicted molar refractivity (Wildman–Crippen MR) is 86.0 cm³/mol. The SMILES string of the molecule is COc1ccccc1CC(CC(=O)O)NCc1ccccc1. The van der Waals surface area contributed by atoms with Gasteiger partial charge in [0.25, 0.3) is 0 Å². The van der Waals surface area contributed by atoms with Gasteiger partial charge in [-0.1, -0.05) is 48.5 Å². The van der Waals surface area contributed by atoms with E-state index >= 15 is 0 Å². The lowest BCUT2D eigenvalue weighted by Gasteiger charge is -2.18. The van der Waals surface area contributed by atoms with Crippen LogP contribution < -0.4 is 10.1 Å². The van der Waals surface area contributed by atoms with Crippen molar-refractivity contribution in [2.45, 2.75) is 25.4 Å². The number of para-hydroxylation sites is 1. The number of carboxylic acid groups (broad SMARTS) is 1. The normalized spacial score (nSPS) is 11.9. The maximum atomic E-state index is 11.1. The minimum absolute atomic E-state index is 0.0743. The van der Waals surface area contributed by atoms with Crippen LogP contribution in [0, 0.1) is 0 Å². The summed E-state index contributed by atoms with van der Waals surface area (Å²) in [5.41, 5.74) is 2.15. The third-order valence-corrected chi connectivity index (χ3v) is 3.52. The highest BCUT2D eigenvalue weighted by atomic mass is 16.5. The lowest BCUT2D eigenvalue weighted by molar-refractivity contribution is -0.137. The van der Waals surface area contributed by atoms with Crippen LogP contribution in [0.25, 0.3) is 0 Å². The molecule has 0 fully saturated rings. The largest absolute Gasteiger partial charge is 0.496 e. The van der Waals surface area contributed by atoms with Gasteiger partial charge in [-0.25, -0.2) is 0 Å². The Morgan fingerprint density at radius 3 is 2.50 bits per heavy atom. The van der Waals surface area contributed by atoms with E-state index in [-0.39, 0.29) is 12.5 Å². The number of nitrogens with one attached hydrogen (secondary N) is 1. The molecule has 0 spiro atoms. The summed E-state index contributed by atoms with van der Waals surface area (Å²) in [6.45, 7) is 0.647. The third kappa shape index (κ3) is 4.90. The van der Waals surface area contributed by atoms with Crippen molar-refractivity contribution in [3.63, 3.8) is 0 Å². The molecule has 0 aliphatic carbocycles. The van der Waals surface area contributed by atoms with Crippen molar-refractivity contribution in [3.8, 4) is 5.75 Å². The van der Waals surface area contributed by atoms with Gasteiger partial charge >= 0.3 is 5.97 Å². The number of rotatable bonds is 8. The molecule has 0 saturated carbocycles. The maximum Gasteiger partial charge on any atom is 0.304 e. The van der Waals surface area contributed by atoms with Crippen LogP contribution >= 0.6 is 0 Å². The minimum atomic E-state index is -0.805. The fourth-order valence-corrected chi connectivity index (χ4v) is 2.42. The van der Waals surface area contributed by atoms with Crippen molar-refractivity contribution in [1.29, 1.82) is 0 Å². The summed E-state index contributed by atoms with van der Waals surface area (Å²) in [4.78, 5) is 11.1. The number of hydrogen-bond acceptors (Lipinski definition) is 3. The number of carboxylic acids is 1. The van der Waals surface area contributed by atoms with Crippen molar-refractivity contribution >= 4 is 5.97 Å². The summed E-state index contributed by atoms with van der Waals surface area (Å²) in [6, 6.07) is 17.5. The average Bonchev–Trinajstić information content (AvgIpc) is 2.53. The number of carbonyl (C=O) groups is 1. The van der Waals surface area contributed by atoms with Gasteiger partial charge in [-0.05, 0) is 23.6 Å². The fourth-order valence-electron chi connectivity index (χ4n) is 2.42. The first-order valence-electron chi connectivity index (χ1n) is 7.30. The second-order valence-corrected chi connectivity index (χ2v) is 5.18. The molecule has 1 unspecified atom stereocenters. The molecule has 0 bridgehead atoms. The first-order chi connectivity index (χ1) is 10.7. The van der Waals surface area contributed by atoms with E-state index in [4.69, 9.17) is 9.84 Å². The standard InChI is InChI=1S/C18H21NO3/c1-22-17-10-6-5-9-15(17)11-16(12-18(20)21)19-13-14-7-3-2-4-8-14/h2-10,16,19H,11-13H2,1H3,(H,20,21). The lowest BCUT2D eigenvalue weighted by Crippen LogP contribution is -2.33. The molecule has 0 aromatic heterocycles. The Labute approximate surface area is 130 Å². The van der Waals surface area contributed by atoms with E-state index in [2.05, 4.69) is 5.32 Å². The van der Waals surface area contributed by atoms with Gasteiger partial charge in [0.2, 0.25) is 0 Å². The van der Waals surface area contributed by atoms with Crippen LogP contribution in [0.3, 0.4) is 0 Å². The van der Waals surface area contributed by atoms with E-state index in [0.29, 0.717) is 13.0 Å². The zero-order valence-corrected chi connectivity index (χ0v) is 12.7. The van der Waals surface area contributed by atoms with Crippen LogP contribution in [0.2, 0.25) is 0 Å². The Kier molecular flexibility index (Phi) is 5.98. The Bertz CT molecular complexity index is 598. The van der Waals surface area contributed by atoms with E-state index in [1.807, 2.05) is 54.6 Å². The molecule has 2 rings (SSSR count). The van der Waals surface area contributed by atoms with E-state index < -0.39 is 5.97 Å². The molecule has 0 radical (unpaired) electrons. The van der Waals surface area contributed by atoms with Gasteiger partial charge in [-0.15, -0.1) is 0 Å². The molecule has 2 N–H and O–H groups in total. The molecule has 1 atom stereocenters. The molecular weight excluding hydrogens is 278 g/mol. The molecule has 4 heteroatoms. The van der Waals surface area contributed by atoms with Gasteiger partial charge in [0.15, 0.2) is 0 Å². The van der Waals surface area contributed by atoms with Crippen molar-refractivity contribution in [1.82, 2.24) is 5.32 Å². The molecule has 2 aromatic carbocycles. The Balaban J connectivity index is 2.04. The summed E-state index contributed by atoms with van der Waals surface area (Å²) in [5, 5.41) is 12.4. The molecule has 22 heavy (non-hydrogen) atoms. The number of methoxy groups -OCH3 is 1. The predicted octanol–water partition coefficient (Wildman–Crippen LogP) is 2.87. The summed E-state index contributed by atoms with van der Waals surface area (Å²) < 4.78 is 5.34. The van der Waals surface area contributed by atoms with E-state index in [1.165, 1.54) is 0 Å².